The molecule has 1 aliphatic rings. The van der Waals surface area contributed by atoms with E-state index in [-0.39, 0.29) is 18.1 Å². The summed E-state index contributed by atoms with van der Waals surface area (Å²) >= 11 is 0. The van der Waals surface area contributed by atoms with E-state index in [4.69, 9.17) is 4.74 Å². The van der Waals surface area contributed by atoms with Gasteiger partial charge in [-0.15, -0.1) is 0 Å². The van der Waals surface area contributed by atoms with Crippen molar-refractivity contribution in [1.82, 2.24) is 19.7 Å². The Morgan fingerprint density at radius 2 is 1.96 bits per heavy atom. The van der Waals surface area contributed by atoms with Gasteiger partial charge in [-0.3, -0.25) is 4.79 Å². The van der Waals surface area contributed by atoms with Gasteiger partial charge in [0.1, 0.15) is 0 Å². The fraction of sp³-hybridized carbons (Fsp3) is 0.588. The van der Waals surface area contributed by atoms with Crippen molar-refractivity contribution in [1.29, 1.82) is 0 Å². The smallest absolute Gasteiger partial charge is 0.254 e. The quantitative estimate of drug-likeness (QED) is 0.853. The molecule has 6 nitrogen and oxygen atoms in total. The van der Waals surface area contributed by atoms with Gasteiger partial charge in [-0.25, -0.2) is 9.67 Å². The Hall–Kier alpha value is -1.95. The maximum Gasteiger partial charge on any atom is 0.254 e. The minimum Gasteiger partial charge on any atom is -0.372 e. The first-order chi connectivity index (χ1) is 10.9. The van der Waals surface area contributed by atoms with Gasteiger partial charge in [0.2, 0.25) is 0 Å². The van der Waals surface area contributed by atoms with E-state index in [0.717, 1.165) is 29.0 Å². The molecule has 0 spiro atoms. The molecule has 0 radical (unpaired) electrons. The second kappa shape index (κ2) is 5.92. The van der Waals surface area contributed by atoms with Gasteiger partial charge in [0.05, 0.1) is 28.9 Å². The van der Waals surface area contributed by atoms with Gasteiger partial charge < -0.3 is 9.64 Å². The molecule has 6 heteroatoms. The number of pyridine rings is 1. The van der Waals surface area contributed by atoms with Crippen LogP contribution in [-0.4, -0.2) is 50.9 Å². The molecule has 0 aromatic carbocycles. The first kappa shape index (κ1) is 15.9. The summed E-state index contributed by atoms with van der Waals surface area (Å²) in [6.07, 6.45) is 0.112. The van der Waals surface area contributed by atoms with Crippen LogP contribution in [0, 0.1) is 13.8 Å². The number of carbonyl (C=O) groups excluding carboxylic acids is 1. The Balaban J connectivity index is 2.08. The van der Waals surface area contributed by atoms with Gasteiger partial charge in [0, 0.05) is 25.3 Å². The van der Waals surface area contributed by atoms with Gasteiger partial charge in [0.15, 0.2) is 5.65 Å². The fourth-order valence-electron chi connectivity index (χ4n) is 3.38. The zero-order valence-electron chi connectivity index (χ0n) is 14.5. The molecule has 0 N–H and O–H groups in total. The summed E-state index contributed by atoms with van der Waals surface area (Å²) in [6.45, 7) is 11.9. The maximum absolute atomic E-state index is 13.1. The first-order valence-corrected chi connectivity index (χ1v) is 8.20. The second-order valence-electron chi connectivity index (χ2n) is 6.38. The van der Waals surface area contributed by atoms with E-state index in [1.54, 1.807) is 0 Å². The lowest BCUT2D eigenvalue weighted by molar-refractivity contribution is -0.0585. The van der Waals surface area contributed by atoms with E-state index < -0.39 is 0 Å². The fourth-order valence-corrected chi connectivity index (χ4v) is 3.38. The molecule has 1 saturated heterocycles. The van der Waals surface area contributed by atoms with Crippen molar-refractivity contribution >= 4 is 16.9 Å². The van der Waals surface area contributed by atoms with Crippen LogP contribution in [0.2, 0.25) is 0 Å². The number of amides is 1. The van der Waals surface area contributed by atoms with Gasteiger partial charge in [-0.05, 0) is 40.7 Å². The highest BCUT2D eigenvalue weighted by Crippen LogP contribution is 2.25. The van der Waals surface area contributed by atoms with Crippen LogP contribution in [0.5, 0.6) is 0 Å². The Morgan fingerprint density at radius 3 is 2.57 bits per heavy atom. The number of fused-ring (bicyclic) bond motifs is 1. The second-order valence-corrected chi connectivity index (χ2v) is 6.38. The number of rotatable bonds is 2. The predicted octanol–water partition coefficient (Wildman–Crippen LogP) is 2.32. The minimum absolute atomic E-state index is 0.0428. The average molecular weight is 316 g/mol. The lowest BCUT2D eigenvalue weighted by Gasteiger charge is -2.35. The van der Waals surface area contributed by atoms with Crippen LogP contribution >= 0.6 is 0 Å². The Kier molecular flexibility index (Phi) is 4.10. The van der Waals surface area contributed by atoms with Crippen LogP contribution in [0.25, 0.3) is 11.0 Å². The first-order valence-electron chi connectivity index (χ1n) is 8.20. The predicted molar refractivity (Wildman–Crippen MR) is 88.6 cm³/mol. The standard InChI is InChI=1S/C17H24N4O2/c1-6-21-16-15(13(5)19-21)14(7-10(2)18-16)17(22)20-8-11(3)23-12(4)9-20/h7,11-12H,6,8-9H2,1-5H3/t11-,12-/m1/s1. The van der Waals surface area contributed by atoms with Gasteiger partial charge in [0.25, 0.3) is 5.91 Å². The summed E-state index contributed by atoms with van der Waals surface area (Å²) in [7, 11) is 0. The molecular weight excluding hydrogens is 292 g/mol. The third-order valence-corrected chi connectivity index (χ3v) is 4.24. The third kappa shape index (κ3) is 2.83. The molecule has 1 aliphatic heterocycles. The molecule has 0 saturated carbocycles. The highest BCUT2D eigenvalue weighted by atomic mass is 16.5. The molecule has 0 unspecified atom stereocenters. The van der Waals surface area contributed by atoms with Crippen LogP contribution in [0.4, 0.5) is 0 Å². The summed E-state index contributed by atoms with van der Waals surface area (Å²) in [5, 5.41) is 5.40. The van der Waals surface area contributed by atoms with Crippen molar-refractivity contribution in [2.75, 3.05) is 13.1 Å². The largest absolute Gasteiger partial charge is 0.372 e. The van der Waals surface area contributed by atoms with Crippen LogP contribution in [-0.2, 0) is 11.3 Å². The summed E-state index contributed by atoms with van der Waals surface area (Å²) in [5.74, 6) is 0.0428. The summed E-state index contributed by atoms with van der Waals surface area (Å²) in [6, 6.07) is 1.88. The lowest BCUT2D eigenvalue weighted by Crippen LogP contribution is -2.48. The zero-order valence-corrected chi connectivity index (χ0v) is 14.5. The Morgan fingerprint density at radius 1 is 1.30 bits per heavy atom. The van der Waals surface area contributed by atoms with Gasteiger partial charge >= 0.3 is 0 Å². The molecule has 1 amide bonds. The molecule has 3 heterocycles. The molecule has 23 heavy (non-hydrogen) atoms. The summed E-state index contributed by atoms with van der Waals surface area (Å²) in [5.41, 5.74) is 3.19. The maximum atomic E-state index is 13.1. The number of carbonyl (C=O) groups is 1. The molecule has 124 valence electrons. The lowest BCUT2D eigenvalue weighted by atomic mass is 10.1. The molecular formula is C17H24N4O2. The third-order valence-electron chi connectivity index (χ3n) is 4.24. The van der Waals surface area contributed by atoms with Crippen LogP contribution in [0.15, 0.2) is 6.07 Å². The SMILES string of the molecule is CCn1nc(C)c2c(C(=O)N3C[C@@H](C)O[C@H](C)C3)cc(C)nc21. The van der Waals surface area contributed by atoms with Crippen molar-refractivity contribution < 1.29 is 9.53 Å². The van der Waals surface area contributed by atoms with Crippen LogP contribution < -0.4 is 0 Å². The van der Waals surface area contributed by atoms with E-state index in [2.05, 4.69) is 10.1 Å². The van der Waals surface area contributed by atoms with Crippen molar-refractivity contribution in [2.24, 2.45) is 0 Å². The summed E-state index contributed by atoms with van der Waals surface area (Å²) < 4.78 is 7.60. The number of nitrogens with zero attached hydrogens (tertiary/aromatic N) is 4. The molecule has 1 fully saturated rings. The Labute approximate surface area is 136 Å². The average Bonchev–Trinajstić information content (AvgIpc) is 2.81. The number of morpholine rings is 1. The number of ether oxygens (including phenoxy) is 1. The van der Waals surface area contributed by atoms with Crippen molar-refractivity contribution in [3.63, 3.8) is 0 Å². The van der Waals surface area contributed by atoms with Crippen LogP contribution in [0.3, 0.4) is 0 Å². The number of hydrogen-bond acceptors (Lipinski definition) is 4. The number of aromatic nitrogens is 3. The topological polar surface area (TPSA) is 60.2 Å². The van der Waals surface area contributed by atoms with E-state index in [1.165, 1.54) is 0 Å². The molecule has 2 aromatic rings. The molecule has 2 atom stereocenters. The number of hydrogen-bond donors (Lipinski definition) is 0. The monoisotopic (exact) mass is 316 g/mol. The normalized spacial score (nSPS) is 21.9. The van der Waals surface area contributed by atoms with Crippen LogP contribution in [0.1, 0.15) is 42.5 Å². The minimum atomic E-state index is 0.0428. The number of aryl methyl sites for hydroxylation is 3. The molecule has 0 aliphatic carbocycles. The molecule has 2 aromatic heterocycles. The van der Waals surface area contributed by atoms with E-state index >= 15 is 0 Å². The van der Waals surface area contributed by atoms with Crippen molar-refractivity contribution in [2.45, 2.75) is 53.4 Å². The highest BCUT2D eigenvalue weighted by molar-refractivity contribution is 6.06. The molecule has 3 rings (SSSR count). The zero-order chi connectivity index (χ0) is 16.7. The van der Waals surface area contributed by atoms with Gasteiger partial charge in [-0.1, -0.05) is 0 Å². The van der Waals surface area contributed by atoms with Crippen molar-refractivity contribution in [3.8, 4) is 0 Å². The van der Waals surface area contributed by atoms with Gasteiger partial charge in [-0.2, -0.15) is 5.10 Å². The summed E-state index contributed by atoms with van der Waals surface area (Å²) in [4.78, 5) is 19.6. The highest BCUT2D eigenvalue weighted by Gasteiger charge is 2.29. The molecule has 0 bridgehead atoms. The van der Waals surface area contributed by atoms with E-state index in [9.17, 15) is 4.79 Å². The van der Waals surface area contributed by atoms with E-state index in [1.807, 2.05) is 50.3 Å². The Bertz CT molecular complexity index is 743. The van der Waals surface area contributed by atoms with E-state index in [0.29, 0.717) is 18.7 Å². The van der Waals surface area contributed by atoms with Crippen molar-refractivity contribution in [3.05, 3.63) is 23.0 Å².